The molecule has 10 nitrogen and oxygen atoms in total. The lowest BCUT2D eigenvalue weighted by Crippen LogP contribution is -2.48. The van der Waals surface area contributed by atoms with E-state index in [1.807, 2.05) is 53.2 Å². The Labute approximate surface area is 360 Å². The van der Waals surface area contributed by atoms with Gasteiger partial charge in [-0.15, -0.1) is 22.7 Å². The van der Waals surface area contributed by atoms with Crippen LogP contribution in [0.25, 0.3) is 22.5 Å². The van der Waals surface area contributed by atoms with E-state index in [4.69, 9.17) is 56.4 Å². The maximum Gasteiger partial charge on any atom is 0.244 e. The van der Waals surface area contributed by atoms with Gasteiger partial charge in [-0.1, -0.05) is 101 Å². The molecule has 2 saturated heterocycles. The minimum Gasteiger partial charge on any atom is -0.345 e. The Balaban J connectivity index is 0.000000174. The number of benzene rings is 4. The summed E-state index contributed by atoms with van der Waals surface area (Å²) in [6, 6.07) is 27.1. The predicted molar refractivity (Wildman–Crippen MR) is 235 cm³/mol. The summed E-state index contributed by atoms with van der Waals surface area (Å²) >= 11 is 27.3. The van der Waals surface area contributed by atoms with Gasteiger partial charge in [-0.3, -0.25) is 0 Å². The van der Waals surface area contributed by atoms with Gasteiger partial charge in [0.05, 0.1) is 21.4 Å². The van der Waals surface area contributed by atoms with Gasteiger partial charge in [0.1, 0.15) is 9.79 Å². The van der Waals surface area contributed by atoms with E-state index in [-0.39, 0.29) is 19.8 Å². The second-order valence-electron chi connectivity index (χ2n) is 13.1. The zero-order valence-corrected chi connectivity index (χ0v) is 36.7. The first-order chi connectivity index (χ1) is 27.3. The summed E-state index contributed by atoms with van der Waals surface area (Å²) in [4.78, 5) is 13.8. The number of hydrogen-bond acceptors (Lipinski definition) is 10. The summed E-state index contributed by atoms with van der Waals surface area (Å²) in [5, 5.41) is 6.93. The third kappa shape index (κ3) is 9.46. The second kappa shape index (κ2) is 17.9. The molecule has 0 bridgehead atoms. The van der Waals surface area contributed by atoms with Crippen molar-refractivity contribution in [1.82, 2.24) is 18.6 Å². The molecule has 0 saturated carbocycles. The average Bonchev–Trinajstić information content (AvgIpc) is 3.92. The monoisotopic (exact) mass is 920 g/mol. The first-order valence-electron chi connectivity index (χ1n) is 17.7. The number of nitrogens with zero attached hydrogens (tertiary/aromatic N) is 6. The molecule has 18 heteroatoms. The van der Waals surface area contributed by atoms with Crippen LogP contribution in [0.2, 0.25) is 20.1 Å². The van der Waals surface area contributed by atoms with Gasteiger partial charge in [0, 0.05) is 84.3 Å². The predicted octanol–water partition coefficient (Wildman–Crippen LogP) is 9.56. The quantitative estimate of drug-likeness (QED) is 0.149. The molecule has 2 fully saturated rings. The Hall–Kier alpha value is -3.28. The van der Waals surface area contributed by atoms with Crippen LogP contribution in [-0.2, 0) is 20.0 Å². The van der Waals surface area contributed by atoms with Gasteiger partial charge in [-0.25, -0.2) is 26.8 Å². The summed E-state index contributed by atoms with van der Waals surface area (Å²) in [5.74, 6) is 0. The Kier molecular flexibility index (Phi) is 13.2. The molecule has 4 aromatic carbocycles. The highest BCUT2D eigenvalue weighted by molar-refractivity contribution is 7.89. The smallest absolute Gasteiger partial charge is 0.244 e. The number of aryl methyl sites for hydroxylation is 1. The molecular weight excluding hydrogens is 887 g/mol. The molecule has 0 unspecified atom stereocenters. The van der Waals surface area contributed by atoms with Gasteiger partial charge >= 0.3 is 0 Å². The Morgan fingerprint density at radius 3 is 1.47 bits per heavy atom. The summed E-state index contributed by atoms with van der Waals surface area (Å²) in [5.41, 5.74) is 5.25. The van der Waals surface area contributed by atoms with Gasteiger partial charge in [-0.05, 0) is 48.9 Å². The van der Waals surface area contributed by atoms with Crippen LogP contribution in [0.3, 0.4) is 0 Å². The van der Waals surface area contributed by atoms with Crippen molar-refractivity contribution in [3.63, 3.8) is 0 Å². The first-order valence-corrected chi connectivity index (χ1v) is 23.9. The molecule has 0 atom stereocenters. The summed E-state index contributed by atoms with van der Waals surface area (Å²) < 4.78 is 54.8. The zero-order chi connectivity index (χ0) is 40.3. The zero-order valence-electron chi connectivity index (χ0n) is 30.4. The highest BCUT2D eigenvalue weighted by Crippen LogP contribution is 2.34. The van der Waals surface area contributed by atoms with Gasteiger partial charge < -0.3 is 9.80 Å². The molecule has 0 N–H and O–H groups in total. The Bertz CT molecular complexity index is 2580. The minimum atomic E-state index is -3.69. The lowest BCUT2D eigenvalue weighted by Gasteiger charge is -2.34. The first kappa shape index (κ1) is 41.9. The fourth-order valence-corrected chi connectivity index (χ4v) is 12.5. The maximum atomic E-state index is 13.0. The molecule has 2 aliphatic rings. The molecule has 8 rings (SSSR count). The van der Waals surface area contributed by atoms with Crippen LogP contribution < -0.4 is 9.80 Å². The van der Waals surface area contributed by atoms with E-state index in [1.165, 1.54) is 38.4 Å². The van der Waals surface area contributed by atoms with Crippen LogP contribution >= 0.6 is 69.1 Å². The SMILES string of the molecule is Cc1ccccc1-c1csc(N2CCN(S(=O)(=O)c3cc(Cl)ccc3Cl)CC2)n1.O=S(=O)(c1cc(Cl)ccc1Cl)N1CCN(c2nc(-c3ccccc3)cs2)CC1. The summed E-state index contributed by atoms with van der Waals surface area (Å²) in [6.07, 6.45) is 0. The Morgan fingerprint density at radius 1 is 0.544 bits per heavy atom. The number of halogens is 4. The van der Waals surface area contributed by atoms with Crippen molar-refractivity contribution in [2.45, 2.75) is 16.7 Å². The fraction of sp³-hybridized carbons (Fsp3) is 0.231. The van der Waals surface area contributed by atoms with Gasteiger partial charge in [0.2, 0.25) is 20.0 Å². The lowest BCUT2D eigenvalue weighted by atomic mass is 10.1. The second-order valence-corrected chi connectivity index (χ2v) is 20.3. The Morgan fingerprint density at radius 2 is 0.982 bits per heavy atom. The van der Waals surface area contributed by atoms with Crippen LogP contribution in [-0.4, -0.2) is 87.8 Å². The third-order valence-electron chi connectivity index (χ3n) is 9.52. The molecule has 6 aromatic rings. The normalized spacial score (nSPS) is 15.7. The van der Waals surface area contributed by atoms with Crippen LogP contribution in [0.4, 0.5) is 10.3 Å². The molecule has 57 heavy (non-hydrogen) atoms. The van der Waals surface area contributed by atoms with Crippen LogP contribution in [0.15, 0.2) is 112 Å². The van der Waals surface area contributed by atoms with Crippen molar-refractivity contribution in [2.75, 3.05) is 62.2 Å². The highest BCUT2D eigenvalue weighted by atomic mass is 35.5. The lowest BCUT2D eigenvalue weighted by molar-refractivity contribution is 0.384. The van der Waals surface area contributed by atoms with E-state index < -0.39 is 20.0 Å². The van der Waals surface area contributed by atoms with Gasteiger partial charge in [0.25, 0.3) is 0 Å². The summed E-state index contributed by atoms with van der Waals surface area (Å²) in [6.45, 7) is 5.80. The van der Waals surface area contributed by atoms with Crippen molar-refractivity contribution >= 4 is 99.4 Å². The fourth-order valence-electron chi connectivity index (χ4n) is 6.41. The number of sulfonamides is 2. The summed E-state index contributed by atoms with van der Waals surface area (Å²) in [7, 11) is -7.38. The van der Waals surface area contributed by atoms with E-state index in [1.54, 1.807) is 34.8 Å². The van der Waals surface area contributed by atoms with E-state index in [0.29, 0.717) is 62.4 Å². The maximum absolute atomic E-state index is 13.0. The van der Waals surface area contributed by atoms with Crippen molar-refractivity contribution in [1.29, 1.82) is 0 Å². The van der Waals surface area contributed by atoms with Crippen LogP contribution in [0.1, 0.15) is 5.56 Å². The van der Waals surface area contributed by atoms with Gasteiger partial charge in [0.15, 0.2) is 10.3 Å². The number of aromatic nitrogens is 2. The largest absolute Gasteiger partial charge is 0.345 e. The topological polar surface area (TPSA) is 107 Å². The molecule has 0 amide bonds. The number of hydrogen-bond donors (Lipinski definition) is 0. The average molecular weight is 923 g/mol. The molecule has 0 radical (unpaired) electrons. The number of anilines is 2. The third-order valence-corrected chi connectivity index (χ3v) is 16.5. The van der Waals surface area contributed by atoms with Crippen LogP contribution in [0, 0.1) is 6.92 Å². The van der Waals surface area contributed by atoms with E-state index in [9.17, 15) is 16.8 Å². The molecule has 0 aliphatic carbocycles. The number of thiazole rings is 2. The number of rotatable bonds is 8. The van der Waals surface area contributed by atoms with E-state index in [2.05, 4.69) is 28.9 Å². The van der Waals surface area contributed by atoms with Gasteiger partial charge in [-0.2, -0.15) is 8.61 Å². The highest BCUT2D eigenvalue weighted by Gasteiger charge is 2.32. The van der Waals surface area contributed by atoms with Crippen molar-refractivity contribution < 1.29 is 16.8 Å². The minimum absolute atomic E-state index is 0.0516. The molecule has 4 heterocycles. The standard InChI is InChI=1S/C20H19Cl2N3O2S2.C19H17Cl2N3O2S2/c1-14-4-2-3-5-16(14)18-13-28-20(23-18)24-8-10-25(11-9-24)29(26,27)19-12-15(21)6-7-17(19)22;20-15-6-7-16(21)18(12-15)28(25,26)24-10-8-23(9-11-24)19-22-17(13-27-19)14-4-2-1-3-5-14/h2-7,12-13H,8-11H2,1H3;1-7,12-13H,8-11H2. The van der Waals surface area contributed by atoms with E-state index >= 15 is 0 Å². The molecular formula is C39H36Cl4N6O4S4. The molecule has 2 aromatic heterocycles. The van der Waals surface area contributed by atoms with E-state index in [0.717, 1.165) is 32.8 Å². The molecule has 2 aliphatic heterocycles. The molecule has 0 spiro atoms. The van der Waals surface area contributed by atoms with Crippen molar-refractivity contribution in [3.8, 4) is 22.5 Å². The molecule has 298 valence electrons. The number of piperazine rings is 2. The van der Waals surface area contributed by atoms with Crippen LogP contribution in [0.5, 0.6) is 0 Å². The van der Waals surface area contributed by atoms with Crippen molar-refractivity contribution in [2.24, 2.45) is 0 Å². The van der Waals surface area contributed by atoms with Crippen molar-refractivity contribution in [3.05, 3.63) is 127 Å².